The van der Waals surface area contributed by atoms with Crippen molar-refractivity contribution in [2.75, 3.05) is 26.3 Å². The van der Waals surface area contributed by atoms with E-state index in [4.69, 9.17) is 4.74 Å². The Kier molecular flexibility index (Phi) is 4.91. The maximum absolute atomic E-state index is 5.50. The second kappa shape index (κ2) is 7.07. The highest BCUT2D eigenvalue weighted by Gasteiger charge is 2.15. The highest BCUT2D eigenvalue weighted by Crippen LogP contribution is 2.17. The summed E-state index contributed by atoms with van der Waals surface area (Å²) in [6, 6.07) is 9.49. The van der Waals surface area contributed by atoms with Gasteiger partial charge in [-0.1, -0.05) is 18.2 Å². The molecule has 2 atom stereocenters. The van der Waals surface area contributed by atoms with Crippen molar-refractivity contribution in [1.82, 2.24) is 15.6 Å². The molecule has 1 aromatic carbocycles. The molecule has 0 bridgehead atoms. The molecule has 1 aliphatic heterocycles. The molecule has 3 rings (SSSR count). The molecule has 0 amide bonds. The van der Waals surface area contributed by atoms with Crippen LogP contribution in [0, 0.1) is 0 Å². The van der Waals surface area contributed by atoms with Crippen molar-refractivity contribution in [2.45, 2.75) is 31.8 Å². The summed E-state index contributed by atoms with van der Waals surface area (Å²) in [6.07, 6.45) is 4.31. The van der Waals surface area contributed by atoms with E-state index in [2.05, 4.69) is 53.0 Å². The van der Waals surface area contributed by atoms with Gasteiger partial charge in [-0.05, 0) is 37.9 Å². The number of nitrogens with one attached hydrogen (secondary N) is 3. The Balaban J connectivity index is 1.45. The van der Waals surface area contributed by atoms with E-state index in [1.165, 1.54) is 16.5 Å². The van der Waals surface area contributed by atoms with Crippen molar-refractivity contribution in [3.63, 3.8) is 0 Å². The first-order chi connectivity index (χ1) is 10.3. The molecule has 2 unspecified atom stereocenters. The number of aromatic amines is 1. The lowest BCUT2D eigenvalue weighted by Gasteiger charge is -2.26. The van der Waals surface area contributed by atoms with Crippen molar-refractivity contribution >= 4 is 10.9 Å². The van der Waals surface area contributed by atoms with Gasteiger partial charge in [-0.3, -0.25) is 0 Å². The van der Waals surface area contributed by atoms with E-state index in [1.807, 2.05) is 0 Å². The first kappa shape index (κ1) is 14.6. The minimum Gasteiger partial charge on any atom is -0.379 e. The molecular formula is C17H25N3O. The maximum Gasteiger partial charge on any atom is 0.0620 e. The first-order valence-electron chi connectivity index (χ1n) is 7.92. The molecule has 0 saturated carbocycles. The third-order valence-corrected chi connectivity index (χ3v) is 4.20. The molecular weight excluding hydrogens is 262 g/mol. The molecule has 1 fully saturated rings. The fourth-order valence-electron chi connectivity index (χ4n) is 3.07. The van der Waals surface area contributed by atoms with Gasteiger partial charge in [0.05, 0.1) is 13.2 Å². The molecule has 0 radical (unpaired) electrons. The summed E-state index contributed by atoms with van der Waals surface area (Å²) in [6.45, 7) is 5.93. The van der Waals surface area contributed by atoms with E-state index >= 15 is 0 Å². The first-order valence-corrected chi connectivity index (χ1v) is 7.92. The topological polar surface area (TPSA) is 49.1 Å². The van der Waals surface area contributed by atoms with Gasteiger partial charge in [0.25, 0.3) is 0 Å². The number of aromatic nitrogens is 1. The number of benzene rings is 1. The van der Waals surface area contributed by atoms with Crippen LogP contribution < -0.4 is 10.6 Å². The van der Waals surface area contributed by atoms with E-state index in [9.17, 15) is 0 Å². The smallest absolute Gasteiger partial charge is 0.0620 e. The summed E-state index contributed by atoms with van der Waals surface area (Å²) < 4.78 is 5.50. The summed E-state index contributed by atoms with van der Waals surface area (Å²) in [5.41, 5.74) is 2.62. The van der Waals surface area contributed by atoms with Gasteiger partial charge in [0.1, 0.15) is 0 Å². The predicted molar refractivity (Wildman–Crippen MR) is 86.7 cm³/mol. The highest BCUT2D eigenvalue weighted by atomic mass is 16.5. The van der Waals surface area contributed by atoms with Crippen LogP contribution in [0.15, 0.2) is 30.5 Å². The number of para-hydroxylation sites is 1. The number of H-pyrrole nitrogens is 1. The minimum absolute atomic E-state index is 0.495. The van der Waals surface area contributed by atoms with Crippen LogP contribution in [0.2, 0.25) is 0 Å². The van der Waals surface area contributed by atoms with Crippen LogP contribution in [-0.2, 0) is 11.2 Å². The largest absolute Gasteiger partial charge is 0.379 e. The van der Waals surface area contributed by atoms with Gasteiger partial charge in [-0.2, -0.15) is 0 Å². The number of hydrogen-bond donors (Lipinski definition) is 3. The van der Waals surface area contributed by atoms with Gasteiger partial charge in [0.2, 0.25) is 0 Å². The number of ether oxygens (including phenoxy) is 1. The zero-order chi connectivity index (χ0) is 14.5. The Morgan fingerprint density at radius 2 is 2.29 bits per heavy atom. The molecule has 2 aromatic rings. The van der Waals surface area contributed by atoms with Crippen LogP contribution in [0.3, 0.4) is 0 Å². The molecule has 3 N–H and O–H groups in total. The number of morpholine rings is 1. The van der Waals surface area contributed by atoms with Crippen LogP contribution in [0.5, 0.6) is 0 Å². The summed E-state index contributed by atoms with van der Waals surface area (Å²) in [4.78, 5) is 3.34. The molecule has 0 aliphatic carbocycles. The fraction of sp³-hybridized carbons (Fsp3) is 0.529. The van der Waals surface area contributed by atoms with Crippen LogP contribution >= 0.6 is 0 Å². The average molecular weight is 287 g/mol. The van der Waals surface area contributed by atoms with Gasteiger partial charge in [0, 0.05) is 35.7 Å². The average Bonchev–Trinajstić information content (AvgIpc) is 2.92. The molecule has 21 heavy (non-hydrogen) atoms. The Labute approximate surface area is 126 Å². The van der Waals surface area contributed by atoms with Crippen molar-refractivity contribution in [2.24, 2.45) is 0 Å². The van der Waals surface area contributed by atoms with Crippen LogP contribution in [-0.4, -0.2) is 43.4 Å². The molecule has 114 valence electrons. The Bertz CT molecular complexity index is 560. The summed E-state index contributed by atoms with van der Waals surface area (Å²) >= 11 is 0. The lowest BCUT2D eigenvalue weighted by atomic mass is 10.1. The van der Waals surface area contributed by atoms with Crippen molar-refractivity contribution < 1.29 is 4.74 Å². The van der Waals surface area contributed by atoms with Crippen LogP contribution in [0.4, 0.5) is 0 Å². The predicted octanol–water partition coefficient (Wildman–Crippen LogP) is 2.07. The van der Waals surface area contributed by atoms with Gasteiger partial charge in [-0.15, -0.1) is 0 Å². The third kappa shape index (κ3) is 3.84. The third-order valence-electron chi connectivity index (χ3n) is 4.20. The van der Waals surface area contributed by atoms with Crippen molar-refractivity contribution in [3.05, 3.63) is 36.0 Å². The number of hydrogen-bond acceptors (Lipinski definition) is 3. The second-order valence-corrected chi connectivity index (χ2v) is 5.93. The molecule has 4 nitrogen and oxygen atoms in total. The lowest BCUT2D eigenvalue weighted by Crippen LogP contribution is -2.45. The monoisotopic (exact) mass is 287 g/mol. The number of rotatable bonds is 6. The summed E-state index contributed by atoms with van der Waals surface area (Å²) in [7, 11) is 0. The second-order valence-electron chi connectivity index (χ2n) is 5.93. The van der Waals surface area contributed by atoms with Crippen molar-refractivity contribution in [3.8, 4) is 0 Å². The Morgan fingerprint density at radius 1 is 1.38 bits per heavy atom. The molecule has 2 heterocycles. The summed E-state index contributed by atoms with van der Waals surface area (Å²) in [5, 5.41) is 8.47. The van der Waals surface area contributed by atoms with Gasteiger partial charge >= 0.3 is 0 Å². The summed E-state index contributed by atoms with van der Waals surface area (Å²) in [5.74, 6) is 0. The standard InChI is InChI=1S/C17H25N3O/c1-13(10-15-12-21-9-8-19-15)18-7-6-14-11-20-17-5-3-2-4-16(14)17/h2-5,11,13,15,18-20H,6-10,12H2,1H3. The van der Waals surface area contributed by atoms with Crippen LogP contribution in [0.25, 0.3) is 10.9 Å². The van der Waals surface area contributed by atoms with E-state index in [1.54, 1.807) is 0 Å². The molecule has 4 heteroatoms. The van der Waals surface area contributed by atoms with Gasteiger partial charge in [-0.25, -0.2) is 0 Å². The fourth-order valence-corrected chi connectivity index (χ4v) is 3.07. The maximum atomic E-state index is 5.50. The van der Waals surface area contributed by atoms with E-state index in [-0.39, 0.29) is 0 Å². The highest BCUT2D eigenvalue weighted by molar-refractivity contribution is 5.83. The number of fused-ring (bicyclic) bond motifs is 1. The molecule has 1 saturated heterocycles. The van der Waals surface area contributed by atoms with Gasteiger partial charge in [0.15, 0.2) is 0 Å². The molecule has 0 spiro atoms. The van der Waals surface area contributed by atoms with E-state index < -0.39 is 0 Å². The van der Waals surface area contributed by atoms with E-state index in [0.29, 0.717) is 12.1 Å². The van der Waals surface area contributed by atoms with Gasteiger partial charge < -0.3 is 20.4 Å². The quantitative estimate of drug-likeness (QED) is 0.762. The van der Waals surface area contributed by atoms with E-state index in [0.717, 1.165) is 39.1 Å². The lowest BCUT2D eigenvalue weighted by molar-refractivity contribution is 0.0713. The minimum atomic E-state index is 0.495. The Morgan fingerprint density at radius 3 is 3.14 bits per heavy atom. The zero-order valence-corrected chi connectivity index (χ0v) is 12.7. The normalized spacial score (nSPS) is 20.7. The molecule has 1 aromatic heterocycles. The van der Waals surface area contributed by atoms with Crippen LogP contribution in [0.1, 0.15) is 18.9 Å². The zero-order valence-electron chi connectivity index (χ0n) is 12.7. The Hall–Kier alpha value is -1.36. The SMILES string of the molecule is CC(CC1COCCN1)NCCc1c[nH]c2ccccc12. The van der Waals surface area contributed by atoms with Crippen molar-refractivity contribution in [1.29, 1.82) is 0 Å². The molecule has 1 aliphatic rings.